The zero-order valence-corrected chi connectivity index (χ0v) is 24.1. The molecule has 10 heteroatoms. The Labute approximate surface area is 242 Å². The topological polar surface area (TPSA) is 94.8 Å². The number of carbonyl (C=O) groups is 1. The van der Waals surface area contributed by atoms with E-state index < -0.39 is 6.17 Å². The van der Waals surface area contributed by atoms with Crippen LogP contribution in [0.2, 0.25) is 0 Å². The number of nitriles is 1. The van der Waals surface area contributed by atoms with E-state index in [1.54, 1.807) is 4.90 Å². The minimum atomic E-state index is -1.03. The fraction of sp³-hybridized carbons (Fsp3) is 0.581. The molecule has 2 saturated heterocycles. The fourth-order valence-corrected chi connectivity index (χ4v) is 6.29. The van der Waals surface area contributed by atoms with Gasteiger partial charge in [0.25, 0.3) is 0 Å². The minimum absolute atomic E-state index is 0.174. The zero-order valence-electron chi connectivity index (χ0n) is 24.1. The molecule has 41 heavy (non-hydrogen) atoms. The van der Waals surface area contributed by atoms with Crippen molar-refractivity contribution in [3.05, 3.63) is 53.8 Å². The second kappa shape index (κ2) is 13.0. The first-order valence-corrected chi connectivity index (χ1v) is 14.7. The molecular formula is C31H40FN6O3. The van der Waals surface area contributed by atoms with Crippen LogP contribution in [0.3, 0.4) is 0 Å². The van der Waals surface area contributed by atoms with Crippen LogP contribution in [0.4, 0.5) is 10.2 Å². The van der Waals surface area contributed by atoms with Gasteiger partial charge < -0.3 is 24.2 Å². The Morgan fingerprint density at radius 2 is 2.17 bits per heavy atom. The van der Waals surface area contributed by atoms with Crippen molar-refractivity contribution in [3.8, 4) is 12.1 Å². The van der Waals surface area contributed by atoms with Crippen LogP contribution < -0.4 is 9.64 Å². The Kier molecular flexibility index (Phi) is 9.23. The molecule has 3 unspecified atom stereocenters. The zero-order chi connectivity index (χ0) is 28.9. The van der Waals surface area contributed by atoms with E-state index in [1.165, 1.54) is 6.08 Å². The lowest BCUT2D eigenvalue weighted by atomic mass is 9.91. The number of amides is 1. The summed E-state index contributed by atoms with van der Waals surface area (Å²) in [6, 6.07) is 2.60. The molecule has 4 aliphatic rings. The summed E-state index contributed by atoms with van der Waals surface area (Å²) in [6.07, 6.45) is 10.5. The third-order valence-electron chi connectivity index (χ3n) is 8.66. The largest absolute Gasteiger partial charge is 0.490 e. The summed E-state index contributed by atoms with van der Waals surface area (Å²) < 4.78 is 27.3. The average molecular weight is 564 g/mol. The van der Waals surface area contributed by atoms with Gasteiger partial charge in [-0.2, -0.15) is 10.2 Å². The van der Waals surface area contributed by atoms with Crippen molar-refractivity contribution in [2.45, 2.75) is 76.2 Å². The van der Waals surface area contributed by atoms with Crippen molar-refractivity contribution < 1.29 is 18.7 Å². The Balaban J connectivity index is 1.37. The second-order valence-corrected chi connectivity index (χ2v) is 11.3. The lowest BCUT2D eigenvalue weighted by Gasteiger charge is -2.41. The Bertz CT molecular complexity index is 1240. The van der Waals surface area contributed by atoms with E-state index in [-0.39, 0.29) is 24.5 Å². The quantitative estimate of drug-likeness (QED) is 0.418. The van der Waals surface area contributed by atoms with E-state index in [9.17, 15) is 14.4 Å². The molecule has 0 saturated carbocycles. The fourth-order valence-electron chi connectivity index (χ4n) is 6.29. The number of anilines is 1. The molecule has 1 amide bonds. The molecule has 2 fully saturated rings. The van der Waals surface area contributed by atoms with Crippen LogP contribution in [-0.4, -0.2) is 89.9 Å². The standard InChI is InChI=1S/C31H40FN6O3/c1-4-29(39)38-17-16-37(19-22(38)13-14-33)30-25(12-11-24-18-27(32)26-9-5-6-10-28(26)41-24)21(2)34-31(35-30)40-20-23-8-7-15-36(23)3/h4,6,9-10,22-24,27H,1,5,7-8,11-13,15-20H2,2-3H3/t22?,23?,24-,27?/m0/s1. The maximum Gasteiger partial charge on any atom is 0.318 e. The molecule has 4 atom stereocenters. The van der Waals surface area contributed by atoms with Gasteiger partial charge in [0, 0.05) is 48.9 Å². The molecule has 1 aromatic rings. The Morgan fingerprint density at radius 1 is 1.32 bits per heavy atom. The third kappa shape index (κ3) is 6.56. The van der Waals surface area contributed by atoms with Gasteiger partial charge in [0.2, 0.25) is 5.91 Å². The molecule has 4 heterocycles. The molecule has 1 aromatic heterocycles. The highest BCUT2D eigenvalue weighted by Gasteiger charge is 2.34. The van der Waals surface area contributed by atoms with Gasteiger partial charge in [0.1, 0.15) is 30.5 Å². The maximum absolute atomic E-state index is 15.0. The van der Waals surface area contributed by atoms with Crippen LogP contribution in [0.25, 0.3) is 0 Å². The predicted molar refractivity (Wildman–Crippen MR) is 154 cm³/mol. The Morgan fingerprint density at radius 3 is 2.93 bits per heavy atom. The molecule has 5 rings (SSSR count). The molecule has 0 aromatic carbocycles. The van der Waals surface area contributed by atoms with Crippen LogP contribution in [-0.2, 0) is 16.0 Å². The number of aromatic nitrogens is 2. The van der Waals surface area contributed by atoms with Crippen molar-refractivity contribution in [2.24, 2.45) is 0 Å². The summed E-state index contributed by atoms with van der Waals surface area (Å²) in [5.74, 6) is 1.21. The number of carbonyl (C=O) groups excluding carboxylic acids is 1. The Hall–Kier alpha value is -3.45. The number of hydrogen-bond acceptors (Lipinski definition) is 8. The number of allylic oxidation sites excluding steroid dienone is 3. The van der Waals surface area contributed by atoms with E-state index in [4.69, 9.17) is 19.4 Å². The van der Waals surface area contributed by atoms with Crippen LogP contribution in [0.5, 0.6) is 6.01 Å². The molecule has 0 spiro atoms. The highest BCUT2D eigenvalue weighted by atomic mass is 19.1. The maximum atomic E-state index is 15.0. The van der Waals surface area contributed by atoms with Crippen molar-refractivity contribution in [1.29, 1.82) is 5.26 Å². The number of ether oxygens (including phenoxy) is 2. The average Bonchev–Trinajstić information content (AvgIpc) is 3.39. The van der Waals surface area contributed by atoms with Gasteiger partial charge in [-0.25, -0.2) is 9.37 Å². The molecule has 1 radical (unpaired) electrons. The van der Waals surface area contributed by atoms with Crippen LogP contribution >= 0.6 is 0 Å². The summed E-state index contributed by atoms with van der Waals surface area (Å²) in [5, 5.41) is 9.48. The monoisotopic (exact) mass is 563 g/mol. The van der Waals surface area contributed by atoms with E-state index in [0.717, 1.165) is 42.9 Å². The number of rotatable bonds is 9. The highest BCUT2D eigenvalue weighted by molar-refractivity contribution is 5.87. The second-order valence-electron chi connectivity index (χ2n) is 11.3. The molecule has 0 bridgehead atoms. The molecule has 9 nitrogen and oxygen atoms in total. The van der Waals surface area contributed by atoms with Gasteiger partial charge in [-0.05, 0) is 71.2 Å². The normalized spacial score (nSPS) is 26.4. The van der Waals surface area contributed by atoms with Gasteiger partial charge in [-0.15, -0.1) is 0 Å². The lowest BCUT2D eigenvalue weighted by molar-refractivity contribution is -0.128. The highest BCUT2D eigenvalue weighted by Crippen LogP contribution is 2.35. The first-order chi connectivity index (χ1) is 19.9. The number of piperazine rings is 1. The van der Waals surface area contributed by atoms with Gasteiger partial charge in [0.15, 0.2) is 0 Å². The molecule has 219 valence electrons. The smallest absolute Gasteiger partial charge is 0.318 e. The first-order valence-electron chi connectivity index (χ1n) is 14.7. The summed E-state index contributed by atoms with van der Waals surface area (Å²) in [6.45, 7) is 8.63. The number of alkyl halides is 1. The van der Waals surface area contributed by atoms with Crippen molar-refractivity contribution in [2.75, 3.05) is 44.7 Å². The minimum Gasteiger partial charge on any atom is -0.490 e. The SMILES string of the molecule is C=CC(=O)N1CCN(c2nc(OCC3CCCN3C)nc(C)c2CC[C@H]2CC(F)C3=C(C=CC[CH]3)O2)CC1CC#N. The first kappa shape index (κ1) is 29.1. The lowest BCUT2D eigenvalue weighted by Crippen LogP contribution is -2.55. The number of likely N-dealkylation sites (tertiary alicyclic amines) is 1. The van der Waals surface area contributed by atoms with E-state index in [2.05, 4.69) is 29.5 Å². The van der Waals surface area contributed by atoms with Gasteiger partial charge >= 0.3 is 6.01 Å². The van der Waals surface area contributed by atoms with Crippen molar-refractivity contribution in [1.82, 2.24) is 19.8 Å². The van der Waals surface area contributed by atoms with E-state index >= 15 is 0 Å². The summed E-state index contributed by atoms with van der Waals surface area (Å²) in [7, 11) is 2.11. The molecule has 3 aliphatic heterocycles. The molecule has 1 aliphatic carbocycles. The van der Waals surface area contributed by atoms with Crippen LogP contribution in [0.15, 0.2) is 36.1 Å². The van der Waals surface area contributed by atoms with Gasteiger partial charge in [-0.1, -0.05) is 12.7 Å². The van der Waals surface area contributed by atoms with Crippen LogP contribution in [0, 0.1) is 24.7 Å². The number of nitrogens with zero attached hydrogens (tertiary/aromatic N) is 6. The van der Waals surface area contributed by atoms with Gasteiger partial charge in [0.05, 0.1) is 18.5 Å². The predicted octanol–water partition coefficient (Wildman–Crippen LogP) is 3.85. The number of halogens is 1. The summed E-state index contributed by atoms with van der Waals surface area (Å²) in [4.78, 5) is 28.3. The van der Waals surface area contributed by atoms with Crippen LogP contribution in [0.1, 0.15) is 49.8 Å². The molecular weight excluding hydrogens is 523 g/mol. The van der Waals surface area contributed by atoms with E-state index in [1.807, 2.05) is 25.5 Å². The summed E-state index contributed by atoms with van der Waals surface area (Å²) >= 11 is 0. The summed E-state index contributed by atoms with van der Waals surface area (Å²) in [5.41, 5.74) is 2.43. The number of aryl methyl sites for hydroxylation is 1. The third-order valence-corrected chi connectivity index (χ3v) is 8.66. The van der Waals surface area contributed by atoms with Gasteiger partial charge in [-0.3, -0.25) is 4.79 Å². The van der Waals surface area contributed by atoms with Crippen molar-refractivity contribution in [3.63, 3.8) is 0 Å². The van der Waals surface area contributed by atoms with E-state index in [0.29, 0.717) is 68.9 Å². The van der Waals surface area contributed by atoms with Crippen molar-refractivity contribution >= 4 is 11.7 Å². The molecule has 0 N–H and O–H groups in total. The number of hydrogen-bond donors (Lipinski definition) is 0. The number of likely N-dealkylation sites (N-methyl/N-ethyl adjacent to an activating group) is 1.